The Labute approximate surface area is 117 Å². The first-order valence-electron chi connectivity index (χ1n) is 7.75. The molecule has 0 aromatic carbocycles. The molecule has 0 atom stereocenters. The Balaban J connectivity index is 2.09. The molecule has 1 aliphatic rings. The minimum atomic E-state index is -0.665. The van der Waals surface area contributed by atoms with Crippen molar-refractivity contribution in [2.45, 2.75) is 70.3 Å². The second-order valence-corrected chi connectivity index (χ2v) is 6.14. The van der Waals surface area contributed by atoms with Crippen LogP contribution in [0.5, 0.6) is 0 Å². The minimum Gasteiger partial charge on any atom is -0.388 e. The van der Waals surface area contributed by atoms with Crippen LogP contribution in [0.4, 0.5) is 0 Å². The lowest BCUT2D eigenvalue weighted by Crippen LogP contribution is -2.45. The standard InChI is InChI=1S/C15H30N2O2/c1-13-7-9-15(19,10-8-13)12-17-14(18)6-4-2-3-5-11-16/h13,19H,2-12,16H2,1H3,(H,17,18). The van der Waals surface area contributed by atoms with E-state index in [-0.39, 0.29) is 5.91 Å². The van der Waals surface area contributed by atoms with Crippen LogP contribution < -0.4 is 11.1 Å². The van der Waals surface area contributed by atoms with Crippen LogP contribution in [0.15, 0.2) is 0 Å². The third-order valence-corrected chi connectivity index (χ3v) is 4.18. The maximum absolute atomic E-state index is 11.7. The lowest BCUT2D eigenvalue weighted by molar-refractivity contribution is -0.123. The van der Waals surface area contributed by atoms with Crippen molar-refractivity contribution >= 4 is 5.91 Å². The van der Waals surface area contributed by atoms with Crippen molar-refractivity contribution in [1.82, 2.24) is 5.32 Å². The summed E-state index contributed by atoms with van der Waals surface area (Å²) in [7, 11) is 0. The van der Waals surface area contributed by atoms with E-state index in [1.807, 2.05) is 0 Å². The number of carbonyl (C=O) groups excluding carboxylic acids is 1. The van der Waals surface area contributed by atoms with Crippen molar-refractivity contribution in [2.24, 2.45) is 11.7 Å². The number of hydrogen-bond acceptors (Lipinski definition) is 3. The summed E-state index contributed by atoms with van der Waals surface area (Å²) in [5, 5.41) is 13.2. The van der Waals surface area contributed by atoms with Crippen LogP contribution in [0.1, 0.15) is 64.7 Å². The van der Waals surface area contributed by atoms with E-state index in [2.05, 4.69) is 12.2 Å². The molecule has 19 heavy (non-hydrogen) atoms. The molecule has 0 bridgehead atoms. The molecule has 0 unspecified atom stereocenters. The highest BCUT2D eigenvalue weighted by Crippen LogP contribution is 2.31. The number of hydrogen-bond donors (Lipinski definition) is 3. The summed E-state index contributed by atoms with van der Waals surface area (Å²) in [5.74, 6) is 0.776. The second kappa shape index (κ2) is 8.54. The highest BCUT2D eigenvalue weighted by molar-refractivity contribution is 5.75. The molecule has 1 saturated carbocycles. The molecule has 1 rings (SSSR count). The molecule has 4 N–H and O–H groups in total. The fourth-order valence-corrected chi connectivity index (χ4v) is 2.61. The van der Waals surface area contributed by atoms with Crippen LogP contribution in [0, 0.1) is 5.92 Å². The molecule has 0 aromatic heterocycles. The number of rotatable bonds is 8. The van der Waals surface area contributed by atoms with E-state index in [9.17, 15) is 9.90 Å². The molecule has 0 heterocycles. The van der Waals surface area contributed by atoms with E-state index in [0.29, 0.717) is 18.9 Å². The summed E-state index contributed by atoms with van der Waals surface area (Å²) in [4.78, 5) is 11.7. The van der Waals surface area contributed by atoms with E-state index in [1.54, 1.807) is 0 Å². The van der Waals surface area contributed by atoms with Crippen LogP contribution in [-0.4, -0.2) is 29.7 Å². The Morgan fingerprint density at radius 2 is 1.89 bits per heavy atom. The summed E-state index contributed by atoms with van der Waals surface area (Å²) < 4.78 is 0. The summed E-state index contributed by atoms with van der Waals surface area (Å²) in [6.07, 6.45) is 8.43. The van der Waals surface area contributed by atoms with Gasteiger partial charge in [-0.15, -0.1) is 0 Å². The van der Waals surface area contributed by atoms with Crippen LogP contribution >= 0.6 is 0 Å². The van der Waals surface area contributed by atoms with Crippen molar-refractivity contribution in [1.29, 1.82) is 0 Å². The van der Waals surface area contributed by atoms with E-state index >= 15 is 0 Å². The lowest BCUT2D eigenvalue weighted by atomic mass is 9.79. The Hall–Kier alpha value is -0.610. The van der Waals surface area contributed by atoms with Gasteiger partial charge >= 0.3 is 0 Å². The van der Waals surface area contributed by atoms with Crippen molar-refractivity contribution in [3.05, 3.63) is 0 Å². The Morgan fingerprint density at radius 1 is 1.26 bits per heavy atom. The molecule has 4 heteroatoms. The second-order valence-electron chi connectivity index (χ2n) is 6.14. The van der Waals surface area contributed by atoms with E-state index in [4.69, 9.17) is 5.73 Å². The number of aliphatic hydroxyl groups is 1. The van der Waals surface area contributed by atoms with Gasteiger partial charge in [0.25, 0.3) is 0 Å². The molecular formula is C15H30N2O2. The monoisotopic (exact) mass is 270 g/mol. The highest BCUT2D eigenvalue weighted by atomic mass is 16.3. The smallest absolute Gasteiger partial charge is 0.220 e. The number of nitrogens with one attached hydrogen (secondary N) is 1. The zero-order valence-corrected chi connectivity index (χ0v) is 12.3. The number of nitrogens with two attached hydrogens (primary N) is 1. The van der Waals surface area contributed by atoms with Gasteiger partial charge in [-0.1, -0.05) is 19.8 Å². The van der Waals surface area contributed by atoms with Crippen molar-refractivity contribution in [3.8, 4) is 0 Å². The van der Waals surface area contributed by atoms with Crippen molar-refractivity contribution in [3.63, 3.8) is 0 Å². The third kappa shape index (κ3) is 6.92. The van der Waals surface area contributed by atoms with Crippen molar-refractivity contribution in [2.75, 3.05) is 13.1 Å². The average molecular weight is 270 g/mol. The fourth-order valence-electron chi connectivity index (χ4n) is 2.61. The first-order valence-corrected chi connectivity index (χ1v) is 7.75. The molecule has 0 radical (unpaired) electrons. The van der Waals surface area contributed by atoms with Gasteiger partial charge < -0.3 is 16.2 Å². The highest BCUT2D eigenvalue weighted by Gasteiger charge is 2.31. The number of unbranched alkanes of at least 4 members (excludes halogenated alkanes) is 3. The Morgan fingerprint density at radius 3 is 2.53 bits per heavy atom. The molecule has 1 fully saturated rings. The Bertz CT molecular complexity index is 261. The molecule has 112 valence electrons. The summed E-state index contributed by atoms with van der Waals surface area (Å²) in [6, 6.07) is 0. The molecule has 4 nitrogen and oxygen atoms in total. The molecule has 0 saturated heterocycles. The van der Waals surface area contributed by atoms with Crippen LogP contribution in [0.2, 0.25) is 0 Å². The van der Waals surface area contributed by atoms with Gasteiger partial charge in [0.05, 0.1) is 5.60 Å². The normalized spacial score (nSPS) is 27.2. The van der Waals surface area contributed by atoms with Gasteiger partial charge in [0, 0.05) is 13.0 Å². The quantitative estimate of drug-likeness (QED) is 0.590. The van der Waals surface area contributed by atoms with Crippen LogP contribution in [-0.2, 0) is 4.79 Å². The fraction of sp³-hybridized carbons (Fsp3) is 0.933. The van der Waals surface area contributed by atoms with Gasteiger partial charge in [0.15, 0.2) is 0 Å². The van der Waals surface area contributed by atoms with E-state index in [1.165, 1.54) is 0 Å². The minimum absolute atomic E-state index is 0.0693. The lowest BCUT2D eigenvalue weighted by Gasteiger charge is -2.34. The van der Waals surface area contributed by atoms with Gasteiger partial charge in [-0.2, -0.15) is 0 Å². The molecule has 0 spiro atoms. The average Bonchev–Trinajstić information content (AvgIpc) is 2.40. The van der Waals surface area contributed by atoms with Gasteiger partial charge in [0.1, 0.15) is 0 Å². The number of carbonyl (C=O) groups is 1. The van der Waals surface area contributed by atoms with Crippen LogP contribution in [0.3, 0.4) is 0 Å². The molecular weight excluding hydrogens is 240 g/mol. The first-order chi connectivity index (χ1) is 9.06. The van der Waals surface area contributed by atoms with E-state index < -0.39 is 5.60 Å². The predicted octanol–water partition coefficient (Wildman–Crippen LogP) is 1.95. The number of amides is 1. The molecule has 0 aromatic rings. The third-order valence-electron chi connectivity index (χ3n) is 4.18. The summed E-state index contributed by atoms with van der Waals surface area (Å²) in [6.45, 7) is 3.37. The maximum Gasteiger partial charge on any atom is 0.220 e. The maximum atomic E-state index is 11.7. The summed E-state index contributed by atoms with van der Waals surface area (Å²) in [5.41, 5.74) is 4.75. The SMILES string of the molecule is CC1CCC(O)(CNC(=O)CCCCCCN)CC1. The first kappa shape index (κ1) is 16.4. The molecule has 1 amide bonds. The van der Waals surface area contributed by atoms with Gasteiger partial charge in [-0.05, 0) is 51.0 Å². The Kier molecular flexibility index (Phi) is 7.39. The zero-order valence-electron chi connectivity index (χ0n) is 12.3. The zero-order chi connectivity index (χ0) is 14.1. The van der Waals surface area contributed by atoms with Gasteiger partial charge in [0.2, 0.25) is 5.91 Å². The van der Waals surface area contributed by atoms with E-state index in [0.717, 1.165) is 57.9 Å². The summed E-state index contributed by atoms with van der Waals surface area (Å²) >= 11 is 0. The molecule has 0 aliphatic heterocycles. The van der Waals surface area contributed by atoms with Crippen molar-refractivity contribution < 1.29 is 9.90 Å². The molecule has 1 aliphatic carbocycles. The van der Waals surface area contributed by atoms with Gasteiger partial charge in [-0.3, -0.25) is 4.79 Å². The predicted molar refractivity (Wildman–Crippen MR) is 77.7 cm³/mol. The topological polar surface area (TPSA) is 75.3 Å². The van der Waals surface area contributed by atoms with Crippen LogP contribution in [0.25, 0.3) is 0 Å². The largest absolute Gasteiger partial charge is 0.388 e. The van der Waals surface area contributed by atoms with Gasteiger partial charge in [-0.25, -0.2) is 0 Å².